The quantitative estimate of drug-likeness (QED) is 0.748. The van der Waals surface area contributed by atoms with Gasteiger partial charge in [0.25, 0.3) is 5.91 Å². The van der Waals surface area contributed by atoms with Crippen molar-refractivity contribution in [2.24, 2.45) is 0 Å². The third-order valence-electron chi connectivity index (χ3n) is 3.97. The number of halogens is 1. The van der Waals surface area contributed by atoms with Crippen LogP contribution >= 0.6 is 11.6 Å². The molecule has 1 unspecified atom stereocenters. The van der Waals surface area contributed by atoms with Crippen LogP contribution in [0.4, 0.5) is 10.6 Å². The van der Waals surface area contributed by atoms with Gasteiger partial charge in [-0.3, -0.25) is 4.79 Å². The van der Waals surface area contributed by atoms with Crippen LogP contribution in [0, 0.1) is 13.8 Å². The number of nitrogens with zero attached hydrogens (tertiary/aromatic N) is 3. The van der Waals surface area contributed by atoms with Gasteiger partial charge in [0.05, 0.1) is 10.7 Å². The van der Waals surface area contributed by atoms with Gasteiger partial charge in [-0.15, -0.1) is 0 Å². The number of amides is 3. The lowest BCUT2D eigenvalue weighted by molar-refractivity contribution is -0.120. The third-order valence-corrected chi connectivity index (χ3v) is 4.35. The summed E-state index contributed by atoms with van der Waals surface area (Å²) in [5, 5.41) is 0.545. The summed E-state index contributed by atoms with van der Waals surface area (Å²) in [6.07, 6.45) is 2.68. The molecule has 1 atom stereocenters. The van der Waals surface area contributed by atoms with Crippen molar-refractivity contribution in [2.75, 3.05) is 11.4 Å². The molecule has 20 heavy (non-hydrogen) atoms. The first-order chi connectivity index (χ1) is 9.50. The van der Waals surface area contributed by atoms with E-state index in [1.165, 1.54) is 4.90 Å². The number of fused-ring (bicyclic) bond motifs is 1. The Balaban J connectivity index is 2.04. The van der Waals surface area contributed by atoms with Crippen LogP contribution in [0.25, 0.3) is 0 Å². The van der Waals surface area contributed by atoms with Crippen molar-refractivity contribution in [3.63, 3.8) is 0 Å². The van der Waals surface area contributed by atoms with E-state index in [1.54, 1.807) is 17.9 Å². The number of aromatic nitrogens is 1. The van der Waals surface area contributed by atoms with E-state index in [9.17, 15) is 9.59 Å². The number of pyridine rings is 1. The molecular weight excluding hydrogens is 278 g/mol. The van der Waals surface area contributed by atoms with Crippen LogP contribution in [-0.2, 0) is 4.79 Å². The van der Waals surface area contributed by atoms with Crippen LogP contribution in [0.5, 0.6) is 0 Å². The Hall–Kier alpha value is -1.62. The van der Waals surface area contributed by atoms with Gasteiger partial charge in [-0.05, 0) is 44.7 Å². The molecule has 2 aliphatic heterocycles. The van der Waals surface area contributed by atoms with Crippen molar-refractivity contribution in [1.82, 2.24) is 9.88 Å². The number of urea groups is 1. The second kappa shape index (κ2) is 4.74. The SMILES string of the molecule is Cc1cc(Cl)c(C)nc1N1C(=O)C2CCCCN2C1=O. The van der Waals surface area contributed by atoms with E-state index < -0.39 is 0 Å². The standard InChI is InChI=1S/C14H16ClN3O2/c1-8-7-10(15)9(2)16-12(8)18-13(19)11-5-3-4-6-17(11)14(18)20/h7,11H,3-6H2,1-2H3. The Morgan fingerprint density at radius 3 is 2.75 bits per heavy atom. The highest BCUT2D eigenvalue weighted by atomic mass is 35.5. The van der Waals surface area contributed by atoms with E-state index in [1.807, 2.05) is 6.92 Å². The molecule has 0 aliphatic carbocycles. The molecular formula is C14H16ClN3O2. The number of aryl methyl sites for hydroxylation is 2. The topological polar surface area (TPSA) is 53.5 Å². The average Bonchev–Trinajstić information content (AvgIpc) is 2.68. The lowest BCUT2D eigenvalue weighted by atomic mass is 10.0. The van der Waals surface area contributed by atoms with E-state index in [2.05, 4.69) is 4.98 Å². The van der Waals surface area contributed by atoms with Crippen molar-refractivity contribution in [2.45, 2.75) is 39.2 Å². The summed E-state index contributed by atoms with van der Waals surface area (Å²) < 4.78 is 0. The van der Waals surface area contributed by atoms with Gasteiger partial charge in [-0.1, -0.05) is 11.6 Å². The van der Waals surface area contributed by atoms with Gasteiger partial charge >= 0.3 is 6.03 Å². The molecule has 0 radical (unpaired) electrons. The van der Waals surface area contributed by atoms with Crippen molar-refractivity contribution >= 4 is 29.4 Å². The largest absolute Gasteiger partial charge is 0.333 e. The maximum atomic E-state index is 12.5. The van der Waals surface area contributed by atoms with Gasteiger partial charge < -0.3 is 4.90 Å². The van der Waals surface area contributed by atoms with Gasteiger partial charge in [0.15, 0.2) is 0 Å². The normalized spacial score (nSPS) is 22.4. The van der Waals surface area contributed by atoms with Gasteiger partial charge in [-0.25, -0.2) is 14.7 Å². The summed E-state index contributed by atoms with van der Waals surface area (Å²) in [6.45, 7) is 4.23. The Labute approximate surface area is 122 Å². The molecule has 2 aliphatic rings. The molecule has 6 heteroatoms. The molecule has 2 saturated heterocycles. The van der Waals surface area contributed by atoms with E-state index >= 15 is 0 Å². The Morgan fingerprint density at radius 1 is 1.30 bits per heavy atom. The number of imide groups is 1. The molecule has 3 heterocycles. The Morgan fingerprint density at radius 2 is 2.05 bits per heavy atom. The zero-order chi connectivity index (χ0) is 14.4. The van der Waals surface area contributed by atoms with Crippen molar-refractivity contribution in [3.05, 3.63) is 22.3 Å². The molecule has 0 bridgehead atoms. The highest BCUT2D eigenvalue weighted by Crippen LogP contribution is 2.32. The van der Waals surface area contributed by atoms with E-state index in [4.69, 9.17) is 11.6 Å². The molecule has 3 rings (SSSR count). The second-order valence-corrected chi connectivity index (χ2v) is 5.76. The summed E-state index contributed by atoms with van der Waals surface area (Å²) in [5.41, 5.74) is 1.36. The van der Waals surface area contributed by atoms with Crippen molar-refractivity contribution < 1.29 is 9.59 Å². The molecule has 0 N–H and O–H groups in total. The Kier molecular flexibility index (Phi) is 3.17. The van der Waals surface area contributed by atoms with Crippen LogP contribution in [0.3, 0.4) is 0 Å². The number of rotatable bonds is 1. The van der Waals surface area contributed by atoms with E-state index in [-0.39, 0.29) is 18.0 Å². The van der Waals surface area contributed by atoms with E-state index in [0.717, 1.165) is 24.8 Å². The number of piperidine rings is 1. The molecule has 0 aromatic carbocycles. The zero-order valence-electron chi connectivity index (χ0n) is 11.5. The predicted octanol–water partition coefficient (Wildman–Crippen LogP) is 2.67. The summed E-state index contributed by atoms with van der Waals surface area (Å²) in [5.74, 6) is 0.253. The van der Waals surface area contributed by atoms with Gasteiger partial charge in [0.1, 0.15) is 11.9 Å². The molecule has 3 amide bonds. The molecule has 0 spiro atoms. The number of hydrogen-bond acceptors (Lipinski definition) is 3. The number of carbonyl (C=O) groups is 2. The molecule has 5 nitrogen and oxygen atoms in total. The lowest BCUT2D eigenvalue weighted by Gasteiger charge is -2.25. The summed E-state index contributed by atoms with van der Waals surface area (Å²) in [4.78, 5) is 32.2. The minimum atomic E-state index is -0.312. The minimum absolute atomic E-state index is 0.160. The second-order valence-electron chi connectivity index (χ2n) is 5.36. The highest BCUT2D eigenvalue weighted by Gasteiger charge is 2.47. The summed E-state index contributed by atoms with van der Waals surface area (Å²) >= 11 is 6.03. The number of hydrogen-bond donors (Lipinski definition) is 0. The maximum absolute atomic E-state index is 12.5. The van der Waals surface area contributed by atoms with Crippen molar-refractivity contribution in [1.29, 1.82) is 0 Å². The highest BCUT2D eigenvalue weighted by molar-refractivity contribution is 6.31. The van der Waals surface area contributed by atoms with E-state index in [0.29, 0.717) is 23.1 Å². The van der Waals surface area contributed by atoms with Crippen LogP contribution in [0.1, 0.15) is 30.5 Å². The van der Waals surface area contributed by atoms with Gasteiger partial charge in [0, 0.05) is 6.54 Å². The zero-order valence-corrected chi connectivity index (χ0v) is 12.3. The maximum Gasteiger partial charge on any atom is 0.333 e. The average molecular weight is 294 g/mol. The fourth-order valence-electron chi connectivity index (χ4n) is 2.87. The number of anilines is 1. The first-order valence-electron chi connectivity index (χ1n) is 6.79. The monoisotopic (exact) mass is 293 g/mol. The first-order valence-corrected chi connectivity index (χ1v) is 7.17. The number of carbonyl (C=O) groups excluding carboxylic acids is 2. The van der Waals surface area contributed by atoms with Crippen molar-refractivity contribution in [3.8, 4) is 0 Å². The molecule has 106 valence electrons. The van der Waals surface area contributed by atoms with Crippen LogP contribution < -0.4 is 4.90 Å². The van der Waals surface area contributed by atoms with Gasteiger partial charge in [-0.2, -0.15) is 0 Å². The van der Waals surface area contributed by atoms with Gasteiger partial charge in [0.2, 0.25) is 0 Å². The molecule has 2 fully saturated rings. The van der Waals surface area contributed by atoms with Crippen LogP contribution in [0.15, 0.2) is 6.07 Å². The fourth-order valence-corrected chi connectivity index (χ4v) is 3.08. The lowest BCUT2D eigenvalue weighted by Crippen LogP contribution is -2.39. The Bertz CT molecular complexity index is 578. The summed E-state index contributed by atoms with van der Waals surface area (Å²) in [7, 11) is 0. The first kappa shape index (κ1) is 13.4. The molecule has 1 aromatic rings. The van der Waals surface area contributed by atoms with Crippen LogP contribution in [-0.4, -0.2) is 34.4 Å². The minimum Gasteiger partial charge on any atom is -0.312 e. The smallest absolute Gasteiger partial charge is 0.312 e. The predicted molar refractivity (Wildman–Crippen MR) is 75.9 cm³/mol. The molecule has 0 saturated carbocycles. The summed E-state index contributed by atoms with van der Waals surface area (Å²) in [6, 6.07) is 1.18. The fraction of sp³-hybridized carbons (Fsp3) is 0.500. The molecule has 1 aromatic heterocycles. The third kappa shape index (κ3) is 1.88. The van der Waals surface area contributed by atoms with Crippen LogP contribution in [0.2, 0.25) is 5.02 Å².